The molecule has 0 saturated carbocycles. The van der Waals surface area contributed by atoms with Gasteiger partial charge in [-0.3, -0.25) is 14.5 Å². The summed E-state index contributed by atoms with van der Waals surface area (Å²) in [4.78, 5) is 37.7. The average Bonchev–Trinajstić information content (AvgIpc) is 3.00. The van der Waals surface area contributed by atoms with E-state index in [4.69, 9.17) is 0 Å². The lowest BCUT2D eigenvalue weighted by molar-refractivity contribution is -0.135. The molecule has 3 rings (SSSR count). The van der Waals surface area contributed by atoms with Crippen molar-refractivity contribution in [2.75, 3.05) is 13.1 Å². The van der Waals surface area contributed by atoms with E-state index in [0.29, 0.717) is 13.0 Å². The molecule has 1 aliphatic carbocycles. The monoisotopic (exact) mass is 299 g/mol. The molecule has 1 fully saturated rings. The SMILES string of the molecule is C=CCNC(=O)CN1C(=O)N[C@]2(CCc3ccccc32)C1=O. The van der Waals surface area contributed by atoms with E-state index in [9.17, 15) is 14.4 Å². The van der Waals surface area contributed by atoms with Crippen LogP contribution in [0.15, 0.2) is 36.9 Å². The van der Waals surface area contributed by atoms with E-state index in [2.05, 4.69) is 17.2 Å². The van der Waals surface area contributed by atoms with E-state index >= 15 is 0 Å². The molecule has 0 bridgehead atoms. The molecule has 1 aliphatic heterocycles. The summed E-state index contributed by atoms with van der Waals surface area (Å²) >= 11 is 0. The third-order valence-corrected chi connectivity index (χ3v) is 4.17. The third kappa shape index (κ3) is 2.07. The molecule has 1 atom stereocenters. The van der Waals surface area contributed by atoms with Crippen LogP contribution in [0, 0.1) is 0 Å². The summed E-state index contributed by atoms with van der Waals surface area (Å²) in [5, 5.41) is 5.35. The molecule has 0 aromatic heterocycles. The van der Waals surface area contributed by atoms with Crippen molar-refractivity contribution in [3.63, 3.8) is 0 Å². The first-order valence-electron chi connectivity index (χ1n) is 7.18. The van der Waals surface area contributed by atoms with Crippen LogP contribution in [0.2, 0.25) is 0 Å². The van der Waals surface area contributed by atoms with Crippen LogP contribution in [0.4, 0.5) is 4.79 Å². The lowest BCUT2D eigenvalue weighted by Crippen LogP contribution is -2.43. The summed E-state index contributed by atoms with van der Waals surface area (Å²) in [7, 11) is 0. The number of urea groups is 1. The predicted molar refractivity (Wildman–Crippen MR) is 79.9 cm³/mol. The Morgan fingerprint density at radius 3 is 2.95 bits per heavy atom. The van der Waals surface area contributed by atoms with Crippen LogP contribution in [-0.2, 0) is 21.5 Å². The van der Waals surface area contributed by atoms with Crippen molar-refractivity contribution >= 4 is 17.8 Å². The van der Waals surface area contributed by atoms with Crippen LogP contribution in [0.5, 0.6) is 0 Å². The molecule has 0 radical (unpaired) electrons. The van der Waals surface area contributed by atoms with Crippen LogP contribution < -0.4 is 10.6 Å². The molecular weight excluding hydrogens is 282 g/mol. The maximum Gasteiger partial charge on any atom is 0.325 e. The first-order chi connectivity index (χ1) is 10.6. The minimum atomic E-state index is -1.01. The van der Waals surface area contributed by atoms with Crippen LogP contribution in [-0.4, -0.2) is 35.8 Å². The Hall–Kier alpha value is -2.63. The van der Waals surface area contributed by atoms with Crippen molar-refractivity contribution in [3.8, 4) is 0 Å². The second kappa shape index (κ2) is 5.29. The van der Waals surface area contributed by atoms with Gasteiger partial charge in [-0.15, -0.1) is 6.58 Å². The van der Waals surface area contributed by atoms with E-state index < -0.39 is 11.6 Å². The molecule has 1 saturated heterocycles. The van der Waals surface area contributed by atoms with Gasteiger partial charge in [0.15, 0.2) is 0 Å². The van der Waals surface area contributed by atoms with Gasteiger partial charge < -0.3 is 10.6 Å². The highest BCUT2D eigenvalue weighted by atomic mass is 16.2. The minimum Gasteiger partial charge on any atom is -0.351 e. The quantitative estimate of drug-likeness (QED) is 0.634. The van der Waals surface area contributed by atoms with Gasteiger partial charge in [0.2, 0.25) is 5.91 Å². The summed E-state index contributed by atoms with van der Waals surface area (Å²) < 4.78 is 0. The van der Waals surface area contributed by atoms with Crippen molar-refractivity contribution in [1.29, 1.82) is 0 Å². The zero-order chi connectivity index (χ0) is 15.7. The van der Waals surface area contributed by atoms with Crippen molar-refractivity contribution in [2.45, 2.75) is 18.4 Å². The molecule has 6 nitrogen and oxygen atoms in total. The number of nitrogens with one attached hydrogen (secondary N) is 2. The van der Waals surface area contributed by atoms with Crippen LogP contribution >= 0.6 is 0 Å². The predicted octanol–water partition coefficient (Wildman–Crippen LogP) is 0.682. The second-order valence-electron chi connectivity index (χ2n) is 5.48. The van der Waals surface area contributed by atoms with Gasteiger partial charge in [-0.2, -0.15) is 0 Å². The number of amides is 4. The Kier molecular flexibility index (Phi) is 3.44. The summed E-state index contributed by atoms with van der Waals surface area (Å²) in [5.74, 6) is -0.733. The number of carbonyl (C=O) groups is 3. The summed E-state index contributed by atoms with van der Waals surface area (Å²) in [6.45, 7) is 3.53. The normalized spacial score (nSPS) is 22.6. The van der Waals surface area contributed by atoms with Crippen molar-refractivity contribution < 1.29 is 14.4 Å². The highest BCUT2D eigenvalue weighted by Crippen LogP contribution is 2.41. The van der Waals surface area contributed by atoms with E-state index in [0.717, 1.165) is 22.4 Å². The lowest BCUT2D eigenvalue weighted by Gasteiger charge is -2.22. The number of nitrogens with zero attached hydrogens (tertiary/aromatic N) is 1. The maximum absolute atomic E-state index is 12.8. The Labute approximate surface area is 128 Å². The topological polar surface area (TPSA) is 78.5 Å². The molecule has 22 heavy (non-hydrogen) atoms. The van der Waals surface area contributed by atoms with Gasteiger partial charge in [0.1, 0.15) is 12.1 Å². The molecule has 4 amide bonds. The summed E-state index contributed by atoms with van der Waals surface area (Å²) in [6, 6.07) is 7.07. The number of fused-ring (bicyclic) bond motifs is 2. The number of carbonyl (C=O) groups excluding carboxylic acids is 3. The number of rotatable bonds is 4. The van der Waals surface area contributed by atoms with Gasteiger partial charge in [0.25, 0.3) is 5.91 Å². The molecule has 1 heterocycles. The molecule has 1 aromatic carbocycles. The maximum atomic E-state index is 12.8. The number of aryl methyl sites for hydroxylation is 1. The largest absolute Gasteiger partial charge is 0.351 e. The fourth-order valence-electron chi connectivity index (χ4n) is 3.12. The van der Waals surface area contributed by atoms with E-state index in [1.807, 2.05) is 24.3 Å². The highest BCUT2D eigenvalue weighted by molar-refractivity contribution is 6.09. The molecule has 6 heteroatoms. The van der Waals surface area contributed by atoms with Crippen molar-refractivity contribution in [3.05, 3.63) is 48.0 Å². The Balaban J connectivity index is 1.84. The van der Waals surface area contributed by atoms with E-state index in [1.165, 1.54) is 0 Å². The number of hydrogen-bond donors (Lipinski definition) is 2. The minimum absolute atomic E-state index is 0.275. The average molecular weight is 299 g/mol. The fraction of sp³-hybridized carbons (Fsp3) is 0.312. The van der Waals surface area contributed by atoms with E-state index in [1.54, 1.807) is 6.08 Å². The summed E-state index contributed by atoms with van der Waals surface area (Å²) in [5.41, 5.74) is 0.892. The highest BCUT2D eigenvalue weighted by Gasteiger charge is 2.55. The lowest BCUT2D eigenvalue weighted by atomic mass is 9.92. The van der Waals surface area contributed by atoms with Crippen molar-refractivity contribution in [2.24, 2.45) is 0 Å². The van der Waals surface area contributed by atoms with Crippen LogP contribution in [0.1, 0.15) is 17.5 Å². The van der Waals surface area contributed by atoms with Gasteiger partial charge in [-0.25, -0.2) is 4.79 Å². The molecule has 0 unspecified atom stereocenters. The molecular formula is C16H17N3O3. The van der Waals surface area contributed by atoms with Crippen LogP contribution in [0.25, 0.3) is 0 Å². The molecule has 2 aliphatic rings. The fourth-order valence-corrected chi connectivity index (χ4v) is 3.12. The van der Waals surface area contributed by atoms with E-state index in [-0.39, 0.29) is 18.4 Å². The number of imide groups is 1. The van der Waals surface area contributed by atoms with Gasteiger partial charge >= 0.3 is 6.03 Å². The number of benzene rings is 1. The second-order valence-corrected chi connectivity index (χ2v) is 5.48. The van der Waals surface area contributed by atoms with Gasteiger partial charge in [-0.05, 0) is 24.0 Å². The Morgan fingerprint density at radius 2 is 2.18 bits per heavy atom. The van der Waals surface area contributed by atoms with Gasteiger partial charge in [-0.1, -0.05) is 30.3 Å². The molecule has 1 spiro atoms. The first-order valence-corrected chi connectivity index (χ1v) is 7.18. The Morgan fingerprint density at radius 1 is 1.41 bits per heavy atom. The Bertz CT molecular complexity index is 670. The van der Waals surface area contributed by atoms with Crippen LogP contribution in [0.3, 0.4) is 0 Å². The zero-order valence-electron chi connectivity index (χ0n) is 12.1. The van der Waals surface area contributed by atoms with Gasteiger partial charge in [0, 0.05) is 6.54 Å². The third-order valence-electron chi connectivity index (χ3n) is 4.17. The first kappa shape index (κ1) is 14.3. The molecule has 1 aromatic rings. The molecule has 114 valence electrons. The molecule has 2 N–H and O–H groups in total. The standard InChI is InChI=1S/C16H17N3O3/c1-2-9-17-13(20)10-19-14(21)16(18-15(19)22)8-7-11-5-3-4-6-12(11)16/h2-6H,1,7-10H2,(H,17,20)(H,18,22)/t16-/m0/s1. The summed E-state index contributed by atoms with van der Waals surface area (Å²) in [6.07, 6.45) is 2.80. The zero-order valence-corrected chi connectivity index (χ0v) is 12.1. The smallest absolute Gasteiger partial charge is 0.325 e. The number of hydrogen-bond acceptors (Lipinski definition) is 3. The van der Waals surface area contributed by atoms with Crippen molar-refractivity contribution in [1.82, 2.24) is 15.5 Å². The van der Waals surface area contributed by atoms with Gasteiger partial charge in [0.05, 0.1) is 0 Å².